The monoisotopic (exact) mass is 398 g/mol. The van der Waals surface area contributed by atoms with Gasteiger partial charge >= 0.3 is 0 Å². The summed E-state index contributed by atoms with van der Waals surface area (Å²) in [6.45, 7) is 6.31. The highest BCUT2D eigenvalue weighted by Gasteiger charge is 2.37. The Labute approximate surface area is 174 Å². The maximum atomic E-state index is 13.1. The minimum Gasteiger partial charge on any atom is -0.342 e. The molecule has 1 saturated carbocycles. The Kier molecular flexibility index (Phi) is 6.18. The van der Waals surface area contributed by atoms with E-state index < -0.39 is 0 Å². The highest BCUT2D eigenvalue weighted by Crippen LogP contribution is 2.33. The van der Waals surface area contributed by atoms with Gasteiger partial charge in [0.2, 0.25) is 11.8 Å². The lowest BCUT2D eigenvalue weighted by atomic mass is 9.92. The Bertz CT molecular complexity index is 740. The third-order valence-corrected chi connectivity index (χ3v) is 6.90. The quantitative estimate of drug-likeness (QED) is 0.765. The van der Waals surface area contributed by atoms with Crippen molar-refractivity contribution in [3.8, 4) is 0 Å². The highest BCUT2D eigenvalue weighted by molar-refractivity contribution is 5.81. The lowest BCUT2D eigenvalue weighted by Gasteiger charge is -2.42. The van der Waals surface area contributed by atoms with E-state index >= 15 is 0 Å². The van der Waals surface area contributed by atoms with E-state index in [2.05, 4.69) is 14.8 Å². The fourth-order valence-electron chi connectivity index (χ4n) is 4.88. The number of aryl methyl sites for hydroxylation is 1. The van der Waals surface area contributed by atoms with Crippen molar-refractivity contribution < 1.29 is 9.59 Å². The van der Waals surface area contributed by atoms with E-state index in [-0.39, 0.29) is 11.8 Å². The zero-order valence-electron chi connectivity index (χ0n) is 17.8. The Morgan fingerprint density at radius 1 is 1.10 bits per heavy atom. The largest absolute Gasteiger partial charge is 0.342 e. The molecule has 6 heteroatoms. The van der Waals surface area contributed by atoms with Gasteiger partial charge in [0.25, 0.3) is 0 Å². The molecule has 6 nitrogen and oxygen atoms in total. The van der Waals surface area contributed by atoms with Crippen LogP contribution in [0.3, 0.4) is 0 Å². The van der Waals surface area contributed by atoms with Crippen molar-refractivity contribution in [1.82, 2.24) is 19.7 Å². The highest BCUT2D eigenvalue weighted by atomic mass is 16.2. The second-order valence-corrected chi connectivity index (χ2v) is 9.13. The van der Waals surface area contributed by atoms with E-state index in [1.165, 1.54) is 0 Å². The minimum absolute atomic E-state index is 0.0730. The van der Waals surface area contributed by atoms with Gasteiger partial charge in [0.1, 0.15) is 0 Å². The average Bonchev–Trinajstić information content (AvgIpc) is 3.60. The number of hydrogen-bond donors (Lipinski definition) is 0. The molecule has 0 bridgehead atoms. The molecular formula is C23H34N4O2. The Morgan fingerprint density at radius 2 is 1.86 bits per heavy atom. The summed E-state index contributed by atoms with van der Waals surface area (Å²) < 4.78 is 0. The second-order valence-electron chi connectivity index (χ2n) is 9.13. The molecule has 0 spiro atoms. The number of carbonyl (C=O) groups is 2. The van der Waals surface area contributed by atoms with Crippen LogP contribution in [0.25, 0.3) is 0 Å². The minimum atomic E-state index is 0.0730. The van der Waals surface area contributed by atoms with Gasteiger partial charge in [-0.1, -0.05) is 6.07 Å². The molecule has 2 aliphatic heterocycles. The normalized spacial score (nSPS) is 23.8. The van der Waals surface area contributed by atoms with Crippen molar-refractivity contribution in [2.45, 2.75) is 58.0 Å². The van der Waals surface area contributed by atoms with E-state index in [0.717, 1.165) is 76.0 Å². The molecule has 3 heterocycles. The number of carbonyl (C=O) groups excluding carboxylic acids is 2. The summed E-state index contributed by atoms with van der Waals surface area (Å²) in [6, 6.07) is 4.49. The lowest BCUT2D eigenvalue weighted by molar-refractivity contribution is -0.137. The molecule has 1 aromatic heterocycles. The molecule has 2 saturated heterocycles. The first-order valence-corrected chi connectivity index (χ1v) is 11.2. The van der Waals surface area contributed by atoms with Gasteiger partial charge in [-0.3, -0.25) is 19.5 Å². The van der Waals surface area contributed by atoms with E-state index in [4.69, 9.17) is 0 Å². The van der Waals surface area contributed by atoms with Gasteiger partial charge in [0, 0.05) is 44.8 Å². The molecule has 0 radical (unpaired) electrons. The molecule has 29 heavy (non-hydrogen) atoms. The Morgan fingerprint density at radius 3 is 2.55 bits per heavy atom. The Hall–Kier alpha value is -1.95. The molecule has 1 aliphatic carbocycles. The van der Waals surface area contributed by atoms with Gasteiger partial charge in [-0.25, -0.2) is 0 Å². The lowest BCUT2D eigenvalue weighted by Crippen LogP contribution is -2.51. The zero-order valence-corrected chi connectivity index (χ0v) is 17.8. The van der Waals surface area contributed by atoms with Crippen LogP contribution in [0.4, 0.5) is 0 Å². The molecule has 0 aromatic carbocycles. The fourth-order valence-corrected chi connectivity index (χ4v) is 4.88. The van der Waals surface area contributed by atoms with Crippen molar-refractivity contribution in [1.29, 1.82) is 0 Å². The molecule has 4 rings (SSSR count). The van der Waals surface area contributed by atoms with Crippen LogP contribution < -0.4 is 0 Å². The number of likely N-dealkylation sites (tertiary alicyclic amines) is 2. The van der Waals surface area contributed by atoms with Gasteiger partial charge in [-0.05, 0) is 63.6 Å². The summed E-state index contributed by atoms with van der Waals surface area (Å²) >= 11 is 0. The van der Waals surface area contributed by atoms with Gasteiger partial charge in [-0.15, -0.1) is 0 Å². The molecule has 3 aliphatic rings. The number of aromatic nitrogens is 1. The van der Waals surface area contributed by atoms with E-state index in [1.54, 1.807) is 6.20 Å². The number of amides is 2. The summed E-state index contributed by atoms with van der Waals surface area (Å²) in [5.41, 5.74) is 2.11. The second kappa shape index (κ2) is 8.82. The average molecular weight is 399 g/mol. The molecular weight excluding hydrogens is 364 g/mol. The van der Waals surface area contributed by atoms with Crippen LogP contribution in [-0.2, 0) is 16.1 Å². The Balaban J connectivity index is 1.29. The van der Waals surface area contributed by atoms with Gasteiger partial charge in [0.05, 0.1) is 18.2 Å². The maximum absolute atomic E-state index is 13.1. The van der Waals surface area contributed by atoms with Gasteiger partial charge in [-0.2, -0.15) is 0 Å². The van der Waals surface area contributed by atoms with Crippen LogP contribution in [-0.4, -0.2) is 70.8 Å². The van der Waals surface area contributed by atoms with Crippen LogP contribution in [0.1, 0.15) is 49.8 Å². The van der Waals surface area contributed by atoms with Gasteiger partial charge in [0.15, 0.2) is 0 Å². The SMILES string of the molecule is Cc1cccnc1CN(C)C(=O)[C@@H]1CCCN(C2CCN(C(=O)C3CC3)CC2)C1. The number of hydrogen-bond acceptors (Lipinski definition) is 4. The molecule has 0 N–H and O–H groups in total. The van der Waals surface area contributed by atoms with Crippen LogP contribution in [0.2, 0.25) is 0 Å². The zero-order chi connectivity index (χ0) is 20.4. The predicted octanol–water partition coefficient (Wildman–Crippen LogP) is 2.46. The summed E-state index contributed by atoms with van der Waals surface area (Å²) in [4.78, 5) is 36.2. The standard InChI is InChI=1S/C23H34N4O2/c1-17-5-3-11-24-21(17)16-25(2)22(28)19-6-4-12-27(15-19)20-9-13-26(14-10-20)23(29)18-7-8-18/h3,5,11,18-20H,4,6-10,12-16H2,1-2H3/t19-/m1/s1. The van der Waals surface area contributed by atoms with Crippen molar-refractivity contribution in [2.75, 3.05) is 33.2 Å². The van der Waals surface area contributed by atoms with Crippen LogP contribution in [0.5, 0.6) is 0 Å². The topological polar surface area (TPSA) is 56.8 Å². The molecule has 1 atom stereocenters. The first-order chi connectivity index (χ1) is 14.0. The van der Waals surface area contributed by atoms with Crippen molar-refractivity contribution in [3.05, 3.63) is 29.6 Å². The first-order valence-electron chi connectivity index (χ1n) is 11.2. The number of pyridine rings is 1. The summed E-state index contributed by atoms with van der Waals surface area (Å²) in [5.74, 6) is 1.01. The summed E-state index contributed by atoms with van der Waals surface area (Å²) in [7, 11) is 1.90. The third kappa shape index (κ3) is 4.80. The molecule has 3 fully saturated rings. The fraction of sp³-hybridized carbons (Fsp3) is 0.696. The van der Waals surface area contributed by atoms with Crippen molar-refractivity contribution in [3.63, 3.8) is 0 Å². The maximum Gasteiger partial charge on any atom is 0.227 e. The summed E-state index contributed by atoms with van der Waals surface area (Å²) in [6.07, 6.45) is 8.10. The van der Waals surface area contributed by atoms with Crippen LogP contribution >= 0.6 is 0 Å². The van der Waals surface area contributed by atoms with Gasteiger partial charge < -0.3 is 9.80 Å². The predicted molar refractivity (Wildman–Crippen MR) is 112 cm³/mol. The van der Waals surface area contributed by atoms with Crippen molar-refractivity contribution >= 4 is 11.8 Å². The molecule has 0 unspecified atom stereocenters. The first kappa shape index (κ1) is 20.3. The van der Waals surface area contributed by atoms with Crippen molar-refractivity contribution in [2.24, 2.45) is 11.8 Å². The number of piperidine rings is 2. The molecule has 158 valence electrons. The van der Waals surface area contributed by atoms with Crippen LogP contribution in [0.15, 0.2) is 18.3 Å². The number of nitrogens with zero attached hydrogens (tertiary/aromatic N) is 4. The summed E-state index contributed by atoms with van der Waals surface area (Å²) in [5, 5.41) is 0. The third-order valence-electron chi connectivity index (χ3n) is 6.90. The van der Waals surface area contributed by atoms with E-state index in [1.807, 2.05) is 31.0 Å². The van der Waals surface area contributed by atoms with E-state index in [0.29, 0.717) is 24.4 Å². The molecule has 1 aromatic rings. The van der Waals surface area contributed by atoms with E-state index in [9.17, 15) is 9.59 Å². The van der Waals surface area contributed by atoms with Crippen LogP contribution in [0, 0.1) is 18.8 Å². The number of rotatable bonds is 5. The smallest absolute Gasteiger partial charge is 0.227 e. The molecule has 2 amide bonds.